The van der Waals surface area contributed by atoms with Crippen LogP contribution in [0.5, 0.6) is 5.75 Å². The zero-order valence-corrected chi connectivity index (χ0v) is 18.9. The van der Waals surface area contributed by atoms with Crippen LogP contribution >= 0.6 is 47.8 Å². The molecule has 3 rings (SSSR count). The molecular weight excluding hydrogens is 534 g/mol. The second kappa shape index (κ2) is 9.36. The normalized spacial score (nSPS) is 11.1. The number of hydrogen-bond acceptors (Lipinski definition) is 2. The van der Waals surface area contributed by atoms with Crippen LogP contribution in [0.1, 0.15) is 16.7 Å². The van der Waals surface area contributed by atoms with Crippen LogP contribution < -0.4 is 4.74 Å². The Hall–Kier alpha value is -1.87. The molecule has 0 radical (unpaired) electrons. The van der Waals surface area contributed by atoms with Crippen LogP contribution in [0.25, 0.3) is 11.6 Å². The van der Waals surface area contributed by atoms with Gasteiger partial charge in [0.1, 0.15) is 12.4 Å². The summed E-state index contributed by atoms with van der Waals surface area (Å²) in [7, 11) is 0. The monoisotopic (exact) mass is 545 g/mol. The van der Waals surface area contributed by atoms with E-state index < -0.39 is 0 Å². The SMILES string of the molecule is N#C/C(=C/c1ccc(OCc2ccc(Br)cc2Br)cc1)c1ccc(Br)cc1. The zero-order chi connectivity index (χ0) is 19.2. The summed E-state index contributed by atoms with van der Waals surface area (Å²) in [6.07, 6.45) is 1.87. The van der Waals surface area contributed by atoms with Crippen LogP contribution in [0, 0.1) is 11.3 Å². The minimum atomic E-state index is 0.478. The molecule has 0 aromatic heterocycles. The minimum absolute atomic E-state index is 0.478. The van der Waals surface area contributed by atoms with Crippen LogP contribution in [0.4, 0.5) is 0 Å². The van der Waals surface area contributed by atoms with Gasteiger partial charge in [-0.15, -0.1) is 0 Å². The van der Waals surface area contributed by atoms with E-state index in [4.69, 9.17) is 4.74 Å². The maximum atomic E-state index is 9.46. The smallest absolute Gasteiger partial charge is 0.119 e. The number of ether oxygens (including phenoxy) is 1. The highest BCUT2D eigenvalue weighted by Gasteiger charge is 2.04. The largest absolute Gasteiger partial charge is 0.489 e. The molecule has 0 heterocycles. The predicted molar refractivity (Wildman–Crippen MR) is 120 cm³/mol. The topological polar surface area (TPSA) is 33.0 Å². The van der Waals surface area contributed by atoms with Gasteiger partial charge in [0.15, 0.2) is 0 Å². The molecule has 3 aromatic rings. The van der Waals surface area contributed by atoms with Crippen molar-refractivity contribution in [3.63, 3.8) is 0 Å². The van der Waals surface area contributed by atoms with Crippen molar-refractivity contribution in [1.82, 2.24) is 0 Å². The molecule has 0 aliphatic heterocycles. The second-order valence-electron chi connectivity index (χ2n) is 5.77. The van der Waals surface area contributed by atoms with Crippen LogP contribution in [-0.4, -0.2) is 0 Å². The van der Waals surface area contributed by atoms with E-state index in [2.05, 4.69) is 53.9 Å². The molecule has 0 fully saturated rings. The predicted octanol–water partition coefficient (Wildman–Crippen LogP) is 7.62. The van der Waals surface area contributed by atoms with Crippen LogP contribution in [0.2, 0.25) is 0 Å². The van der Waals surface area contributed by atoms with Gasteiger partial charge in [-0.2, -0.15) is 5.26 Å². The van der Waals surface area contributed by atoms with Gasteiger partial charge < -0.3 is 4.74 Å². The molecule has 0 aliphatic rings. The van der Waals surface area contributed by atoms with Gasteiger partial charge in [0.25, 0.3) is 0 Å². The molecule has 27 heavy (non-hydrogen) atoms. The first kappa shape index (κ1) is 19.9. The zero-order valence-electron chi connectivity index (χ0n) is 14.1. The van der Waals surface area contributed by atoms with E-state index in [1.165, 1.54) is 0 Å². The molecule has 0 atom stereocenters. The molecule has 0 N–H and O–H groups in total. The molecule has 0 amide bonds. The average molecular weight is 548 g/mol. The van der Waals surface area contributed by atoms with Gasteiger partial charge in [0, 0.05) is 19.0 Å². The van der Waals surface area contributed by atoms with E-state index >= 15 is 0 Å². The molecule has 0 saturated heterocycles. The lowest BCUT2D eigenvalue weighted by Crippen LogP contribution is -1.96. The molecule has 0 saturated carbocycles. The van der Waals surface area contributed by atoms with Crippen LogP contribution in [0.15, 0.2) is 80.1 Å². The van der Waals surface area contributed by atoms with Gasteiger partial charge in [-0.1, -0.05) is 78.1 Å². The van der Waals surface area contributed by atoms with Crippen LogP contribution in [-0.2, 0) is 6.61 Å². The van der Waals surface area contributed by atoms with Crippen molar-refractivity contribution in [3.05, 3.63) is 96.8 Å². The summed E-state index contributed by atoms with van der Waals surface area (Å²) < 4.78 is 8.87. The molecule has 0 spiro atoms. The van der Waals surface area contributed by atoms with Gasteiger partial charge in [-0.25, -0.2) is 0 Å². The minimum Gasteiger partial charge on any atom is -0.489 e. The van der Waals surface area contributed by atoms with E-state index in [9.17, 15) is 5.26 Å². The van der Waals surface area contributed by atoms with Crippen molar-refractivity contribution in [2.75, 3.05) is 0 Å². The first-order valence-electron chi connectivity index (χ1n) is 8.10. The lowest BCUT2D eigenvalue weighted by molar-refractivity contribution is 0.305. The van der Waals surface area contributed by atoms with Gasteiger partial charge in [0.05, 0.1) is 11.6 Å². The molecule has 3 aromatic carbocycles. The Balaban J connectivity index is 1.71. The fraction of sp³-hybridized carbons (Fsp3) is 0.0455. The Kier molecular flexibility index (Phi) is 6.89. The van der Waals surface area contributed by atoms with E-state index in [1.54, 1.807) is 0 Å². The molecule has 134 valence electrons. The Morgan fingerprint density at radius 2 is 1.56 bits per heavy atom. The van der Waals surface area contributed by atoms with Crippen molar-refractivity contribution >= 4 is 59.4 Å². The third-order valence-corrected chi connectivity index (χ3v) is 5.64. The number of allylic oxidation sites excluding steroid dienone is 1. The average Bonchev–Trinajstić information content (AvgIpc) is 2.67. The highest BCUT2D eigenvalue weighted by atomic mass is 79.9. The van der Waals surface area contributed by atoms with E-state index in [0.29, 0.717) is 12.2 Å². The number of benzene rings is 3. The third kappa shape index (κ3) is 5.55. The second-order valence-corrected chi connectivity index (χ2v) is 8.46. The maximum absolute atomic E-state index is 9.46. The van der Waals surface area contributed by atoms with Crippen LogP contribution in [0.3, 0.4) is 0 Å². The quantitative estimate of drug-likeness (QED) is 0.243. The summed E-state index contributed by atoms with van der Waals surface area (Å²) >= 11 is 10.4. The summed E-state index contributed by atoms with van der Waals surface area (Å²) in [4.78, 5) is 0. The Bertz CT molecular complexity index is 1000. The Labute approximate surface area is 183 Å². The van der Waals surface area contributed by atoms with Crippen molar-refractivity contribution in [1.29, 1.82) is 5.26 Å². The number of nitrogens with zero attached hydrogens (tertiary/aromatic N) is 1. The standard InChI is InChI=1S/C22H14Br3NO/c23-19-6-3-16(4-7-19)18(13-26)11-15-1-9-21(10-2-15)27-14-17-5-8-20(24)12-22(17)25/h1-12H,14H2/b18-11-. The summed E-state index contributed by atoms with van der Waals surface area (Å²) in [5, 5.41) is 9.46. The van der Waals surface area contributed by atoms with Crippen molar-refractivity contribution in [2.45, 2.75) is 6.61 Å². The molecular formula is C22H14Br3NO. The van der Waals surface area contributed by atoms with Crippen molar-refractivity contribution in [2.24, 2.45) is 0 Å². The Morgan fingerprint density at radius 3 is 2.19 bits per heavy atom. The van der Waals surface area contributed by atoms with E-state index in [1.807, 2.05) is 72.8 Å². The van der Waals surface area contributed by atoms with Crippen molar-refractivity contribution < 1.29 is 4.74 Å². The molecule has 0 bridgehead atoms. The van der Waals surface area contributed by atoms with E-state index in [0.717, 1.165) is 35.9 Å². The lowest BCUT2D eigenvalue weighted by atomic mass is 10.0. The fourth-order valence-electron chi connectivity index (χ4n) is 2.44. The lowest BCUT2D eigenvalue weighted by Gasteiger charge is -2.09. The number of halogens is 3. The van der Waals surface area contributed by atoms with Gasteiger partial charge in [0.2, 0.25) is 0 Å². The highest BCUT2D eigenvalue weighted by Crippen LogP contribution is 2.25. The van der Waals surface area contributed by atoms with Gasteiger partial charge in [-0.05, 0) is 53.6 Å². The number of hydrogen-bond donors (Lipinski definition) is 0. The highest BCUT2D eigenvalue weighted by molar-refractivity contribution is 9.11. The fourth-order valence-corrected chi connectivity index (χ4v) is 3.86. The van der Waals surface area contributed by atoms with Gasteiger partial charge >= 0.3 is 0 Å². The first-order valence-corrected chi connectivity index (χ1v) is 10.5. The molecule has 0 unspecified atom stereocenters. The molecule has 2 nitrogen and oxygen atoms in total. The van der Waals surface area contributed by atoms with Crippen molar-refractivity contribution in [3.8, 4) is 11.8 Å². The molecule has 5 heteroatoms. The third-order valence-electron chi connectivity index (χ3n) is 3.88. The summed E-state index contributed by atoms with van der Waals surface area (Å²) in [6, 6.07) is 23.7. The number of rotatable bonds is 5. The summed E-state index contributed by atoms with van der Waals surface area (Å²) in [5.74, 6) is 0.782. The molecule has 0 aliphatic carbocycles. The number of nitriles is 1. The first-order chi connectivity index (χ1) is 13.0. The summed E-state index contributed by atoms with van der Waals surface area (Å²) in [5.41, 5.74) is 3.53. The van der Waals surface area contributed by atoms with E-state index in [-0.39, 0.29) is 0 Å². The summed E-state index contributed by atoms with van der Waals surface area (Å²) in [6.45, 7) is 0.478. The maximum Gasteiger partial charge on any atom is 0.119 e. The van der Waals surface area contributed by atoms with Gasteiger partial charge in [-0.3, -0.25) is 0 Å². The Morgan fingerprint density at radius 1 is 0.889 bits per heavy atom.